The SMILES string of the molecule is COc1ccc(S(=O)(=O)N(CC(=O)NCCOc2ccc3ccccc3c2)c2ccccc2)cc1OC. The number of hydrogen-bond donors (Lipinski definition) is 1. The molecule has 0 saturated carbocycles. The van der Waals surface area contributed by atoms with Gasteiger partial charge in [-0.05, 0) is 47.2 Å². The molecule has 0 spiro atoms. The normalized spacial score (nSPS) is 11.1. The van der Waals surface area contributed by atoms with Gasteiger partial charge in [0.25, 0.3) is 10.0 Å². The van der Waals surface area contributed by atoms with E-state index in [-0.39, 0.29) is 23.8 Å². The third-order valence-electron chi connectivity index (χ3n) is 5.69. The van der Waals surface area contributed by atoms with Crippen LogP contribution in [-0.2, 0) is 14.8 Å². The van der Waals surface area contributed by atoms with Crippen molar-refractivity contribution in [2.45, 2.75) is 4.90 Å². The van der Waals surface area contributed by atoms with Gasteiger partial charge in [0.05, 0.1) is 31.3 Å². The average molecular weight is 521 g/mol. The molecule has 1 amide bonds. The number of hydrogen-bond acceptors (Lipinski definition) is 6. The van der Waals surface area contributed by atoms with Crippen molar-refractivity contribution in [2.24, 2.45) is 0 Å². The Morgan fingerprint density at radius 1 is 0.811 bits per heavy atom. The summed E-state index contributed by atoms with van der Waals surface area (Å²) >= 11 is 0. The molecule has 4 aromatic rings. The van der Waals surface area contributed by atoms with Crippen molar-refractivity contribution in [3.63, 3.8) is 0 Å². The number of carbonyl (C=O) groups excluding carboxylic acids is 1. The summed E-state index contributed by atoms with van der Waals surface area (Å²) in [5, 5.41) is 4.91. The van der Waals surface area contributed by atoms with Gasteiger partial charge in [0, 0.05) is 6.07 Å². The first-order valence-electron chi connectivity index (χ1n) is 11.6. The molecule has 9 heteroatoms. The average Bonchev–Trinajstić information content (AvgIpc) is 2.93. The largest absolute Gasteiger partial charge is 0.493 e. The van der Waals surface area contributed by atoms with Crippen molar-refractivity contribution >= 4 is 32.4 Å². The van der Waals surface area contributed by atoms with Crippen molar-refractivity contribution in [1.29, 1.82) is 0 Å². The minimum absolute atomic E-state index is 0.0264. The second-order valence-electron chi connectivity index (χ2n) is 8.07. The summed E-state index contributed by atoms with van der Waals surface area (Å²) < 4.78 is 44.5. The number of carbonyl (C=O) groups is 1. The lowest BCUT2D eigenvalue weighted by molar-refractivity contribution is -0.119. The van der Waals surface area contributed by atoms with Gasteiger partial charge in [-0.1, -0.05) is 48.5 Å². The molecule has 0 fully saturated rings. The fourth-order valence-corrected chi connectivity index (χ4v) is 5.25. The van der Waals surface area contributed by atoms with Crippen LogP contribution in [0.3, 0.4) is 0 Å². The quantitative estimate of drug-likeness (QED) is 0.297. The second-order valence-corrected chi connectivity index (χ2v) is 9.93. The van der Waals surface area contributed by atoms with Crippen LogP contribution in [-0.4, -0.2) is 48.2 Å². The first kappa shape index (κ1) is 25.8. The molecule has 0 heterocycles. The molecule has 0 saturated heterocycles. The van der Waals surface area contributed by atoms with Crippen LogP contribution >= 0.6 is 0 Å². The van der Waals surface area contributed by atoms with Crippen LogP contribution in [0.2, 0.25) is 0 Å². The highest BCUT2D eigenvalue weighted by atomic mass is 32.2. The van der Waals surface area contributed by atoms with Crippen LogP contribution in [0.5, 0.6) is 17.2 Å². The molecule has 4 aromatic carbocycles. The summed E-state index contributed by atoms with van der Waals surface area (Å²) in [5.41, 5.74) is 0.361. The van der Waals surface area contributed by atoms with Crippen LogP contribution in [0.1, 0.15) is 0 Å². The molecular formula is C28H28N2O6S. The molecule has 4 rings (SSSR count). The van der Waals surface area contributed by atoms with Gasteiger partial charge in [0.15, 0.2) is 11.5 Å². The number of para-hydroxylation sites is 1. The Morgan fingerprint density at radius 3 is 2.24 bits per heavy atom. The molecule has 0 radical (unpaired) electrons. The Kier molecular flexibility index (Phi) is 8.15. The van der Waals surface area contributed by atoms with E-state index in [2.05, 4.69) is 5.32 Å². The van der Waals surface area contributed by atoms with Crippen molar-refractivity contribution in [2.75, 3.05) is 38.2 Å². The third-order valence-corrected chi connectivity index (χ3v) is 7.46. The molecule has 0 bridgehead atoms. The van der Waals surface area contributed by atoms with E-state index in [4.69, 9.17) is 14.2 Å². The summed E-state index contributed by atoms with van der Waals surface area (Å²) in [6, 6.07) is 26.5. The highest BCUT2D eigenvalue weighted by molar-refractivity contribution is 7.92. The first-order chi connectivity index (χ1) is 17.9. The van der Waals surface area contributed by atoms with E-state index in [1.165, 1.54) is 32.4 Å². The lowest BCUT2D eigenvalue weighted by Gasteiger charge is -2.24. The molecular weight excluding hydrogens is 492 g/mol. The molecule has 192 valence electrons. The van der Waals surface area contributed by atoms with Crippen molar-refractivity contribution in [3.05, 3.63) is 91.0 Å². The standard InChI is InChI=1S/C28H28N2O6S/c1-34-26-15-14-25(19-27(26)35-2)37(32,33)30(23-10-4-3-5-11-23)20-28(31)29-16-17-36-24-13-12-21-8-6-7-9-22(21)18-24/h3-15,18-19H,16-17,20H2,1-2H3,(H,29,31). The van der Waals surface area contributed by atoms with Gasteiger partial charge >= 0.3 is 0 Å². The van der Waals surface area contributed by atoms with E-state index >= 15 is 0 Å². The van der Waals surface area contributed by atoms with Gasteiger partial charge < -0.3 is 19.5 Å². The molecule has 0 unspecified atom stereocenters. The molecule has 1 N–H and O–H groups in total. The molecule has 37 heavy (non-hydrogen) atoms. The Morgan fingerprint density at radius 2 is 1.51 bits per heavy atom. The summed E-state index contributed by atoms with van der Waals surface area (Å²) in [6.45, 7) is 0.0409. The number of anilines is 1. The van der Waals surface area contributed by atoms with Gasteiger partial charge in [0.2, 0.25) is 5.91 Å². The molecule has 0 aliphatic rings. The summed E-state index contributed by atoms with van der Waals surface area (Å²) in [6.07, 6.45) is 0. The monoisotopic (exact) mass is 520 g/mol. The minimum atomic E-state index is -4.10. The Bertz CT molecular complexity index is 1470. The number of nitrogens with one attached hydrogen (secondary N) is 1. The first-order valence-corrected chi connectivity index (χ1v) is 13.0. The van der Waals surface area contributed by atoms with E-state index in [0.717, 1.165) is 15.1 Å². The van der Waals surface area contributed by atoms with Gasteiger partial charge in [-0.15, -0.1) is 0 Å². The van der Waals surface area contributed by atoms with Crippen molar-refractivity contribution < 1.29 is 27.4 Å². The summed E-state index contributed by atoms with van der Waals surface area (Å²) in [5.74, 6) is 0.897. The van der Waals surface area contributed by atoms with Gasteiger partial charge in [-0.25, -0.2) is 8.42 Å². The molecule has 0 aromatic heterocycles. The predicted molar refractivity (Wildman–Crippen MR) is 143 cm³/mol. The number of amides is 1. The maximum Gasteiger partial charge on any atom is 0.264 e. The Labute approximate surface area is 216 Å². The van der Waals surface area contributed by atoms with Crippen LogP contribution in [0.4, 0.5) is 5.69 Å². The highest BCUT2D eigenvalue weighted by Crippen LogP contribution is 2.32. The lowest BCUT2D eigenvalue weighted by Crippen LogP contribution is -2.41. The number of nitrogens with zero attached hydrogens (tertiary/aromatic N) is 1. The number of benzene rings is 4. The Balaban J connectivity index is 1.44. The van der Waals surface area contributed by atoms with Crippen LogP contribution in [0.15, 0.2) is 95.9 Å². The fourth-order valence-electron chi connectivity index (χ4n) is 3.82. The second kappa shape index (κ2) is 11.7. The molecule has 0 aliphatic carbocycles. The summed E-state index contributed by atoms with van der Waals surface area (Å²) in [4.78, 5) is 12.8. The topological polar surface area (TPSA) is 94.2 Å². The zero-order valence-electron chi connectivity index (χ0n) is 20.6. The van der Waals surface area contributed by atoms with Crippen molar-refractivity contribution in [3.8, 4) is 17.2 Å². The number of fused-ring (bicyclic) bond motifs is 1. The lowest BCUT2D eigenvalue weighted by atomic mass is 10.1. The third kappa shape index (κ3) is 6.13. The Hall–Kier alpha value is -4.24. The number of sulfonamides is 1. The minimum Gasteiger partial charge on any atom is -0.493 e. The van der Waals surface area contributed by atoms with E-state index in [0.29, 0.717) is 17.2 Å². The number of ether oxygens (including phenoxy) is 3. The smallest absolute Gasteiger partial charge is 0.264 e. The fraction of sp³-hybridized carbons (Fsp3) is 0.179. The van der Waals surface area contributed by atoms with Gasteiger partial charge in [-0.2, -0.15) is 0 Å². The van der Waals surface area contributed by atoms with Gasteiger partial charge in [-0.3, -0.25) is 9.10 Å². The van der Waals surface area contributed by atoms with Crippen LogP contribution in [0, 0.1) is 0 Å². The van der Waals surface area contributed by atoms with E-state index in [9.17, 15) is 13.2 Å². The number of methoxy groups -OCH3 is 2. The molecule has 0 atom stereocenters. The molecule has 8 nitrogen and oxygen atoms in total. The van der Waals surface area contributed by atoms with E-state index in [1.807, 2.05) is 42.5 Å². The zero-order valence-corrected chi connectivity index (χ0v) is 21.4. The maximum absolute atomic E-state index is 13.6. The van der Waals surface area contributed by atoms with E-state index < -0.39 is 22.5 Å². The van der Waals surface area contributed by atoms with Crippen molar-refractivity contribution in [1.82, 2.24) is 5.32 Å². The van der Waals surface area contributed by atoms with E-state index in [1.54, 1.807) is 30.3 Å². The predicted octanol–water partition coefficient (Wildman–Crippen LogP) is 4.25. The molecule has 0 aliphatic heterocycles. The van der Waals surface area contributed by atoms with Crippen LogP contribution in [0.25, 0.3) is 10.8 Å². The number of rotatable bonds is 11. The maximum atomic E-state index is 13.6. The van der Waals surface area contributed by atoms with Crippen LogP contribution < -0.4 is 23.8 Å². The zero-order chi connectivity index (χ0) is 26.3. The summed E-state index contributed by atoms with van der Waals surface area (Å²) in [7, 11) is -1.20. The van der Waals surface area contributed by atoms with Gasteiger partial charge in [0.1, 0.15) is 18.9 Å². The highest BCUT2D eigenvalue weighted by Gasteiger charge is 2.28.